The average molecular weight is 309 g/mol. The Hall–Kier alpha value is -3.08. The Morgan fingerprint density at radius 1 is 1.04 bits per heavy atom. The highest BCUT2D eigenvalue weighted by Crippen LogP contribution is 2.32. The lowest BCUT2D eigenvalue weighted by Crippen LogP contribution is -2.05. The molecule has 0 saturated carbocycles. The maximum Gasteiger partial charge on any atom is 0.231 e. The molecule has 1 aliphatic rings. The van der Waals surface area contributed by atoms with Gasteiger partial charge in [-0.15, -0.1) is 0 Å². The molecule has 2 aromatic rings. The van der Waals surface area contributed by atoms with Gasteiger partial charge in [0.15, 0.2) is 17.3 Å². The van der Waals surface area contributed by atoms with Gasteiger partial charge in [0.05, 0.1) is 0 Å². The molecule has 2 aromatic carbocycles. The molecule has 0 unspecified atom stereocenters. The van der Waals surface area contributed by atoms with Gasteiger partial charge < -0.3 is 14.8 Å². The molecule has 0 fully saturated rings. The lowest BCUT2D eigenvalue weighted by atomic mass is 10.1. The van der Waals surface area contributed by atoms with E-state index < -0.39 is 0 Å². The first kappa shape index (κ1) is 14.8. The zero-order chi connectivity index (χ0) is 16.2. The molecule has 0 atom stereocenters. The van der Waals surface area contributed by atoms with E-state index in [0.717, 1.165) is 11.3 Å². The van der Waals surface area contributed by atoms with Gasteiger partial charge >= 0.3 is 0 Å². The van der Waals surface area contributed by atoms with Crippen LogP contribution in [0.3, 0.4) is 0 Å². The summed E-state index contributed by atoms with van der Waals surface area (Å²) in [5.74, 6) is 1.00. The van der Waals surface area contributed by atoms with Crippen LogP contribution in [0.1, 0.15) is 22.8 Å². The third kappa shape index (κ3) is 3.58. The number of allylic oxidation sites excluding steroid dienone is 1. The standard InChI is InChI=1S/C18H15NO4/c1-12(20)19-15-6-2-13(3-7-15)4-8-16(21)14-5-9-17-18(10-14)23-11-22-17/h2-10H,11H2,1H3,(H,19,20)/b8-4+. The summed E-state index contributed by atoms with van der Waals surface area (Å²) in [7, 11) is 0. The molecule has 0 spiro atoms. The summed E-state index contributed by atoms with van der Waals surface area (Å²) in [6, 6.07) is 12.3. The van der Waals surface area contributed by atoms with E-state index in [9.17, 15) is 9.59 Å². The van der Waals surface area contributed by atoms with Crippen LogP contribution in [0.5, 0.6) is 11.5 Å². The van der Waals surface area contributed by atoms with Gasteiger partial charge in [0.2, 0.25) is 12.7 Å². The van der Waals surface area contributed by atoms with Crippen molar-refractivity contribution in [3.63, 3.8) is 0 Å². The van der Waals surface area contributed by atoms with E-state index in [2.05, 4.69) is 5.32 Å². The number of amides is 1. The Kier molecular flexibility index (Phi) is 4.10. The largest absolute Gasteiger partial charge is 0.454 e. The third-order valence-corrected chi connectivity index (χ3v) is 3.32. The van der Waals surface area contributed by atoms with E-state index in [-0.39, 0.29) is 18.5 Å². The monoisotopic (exact) mass is 309 g/mol. The summed E-state index contributed by atoms with van der Waals surface area (Å²) in [6.45, 7) is 1.64. The predicted molar refractivity (Wildman–Crippen MR) is 86.7 cm³/mol. The van der Waals surface area contributed by atoms with Gasteiger partial charge in [0, 0.05) is 18.2 Å². The van der Waals surface area contributed by atoms with Crippen LogP contribution in [0.15, 0.2) is 48.5 Å². The summed E-state index contributed by atoms with van der Waals surface area (Å²) in [5, 5.41) is 2.69. The topological polar surface area (TPSA) is 64.6 Å². The van der Waals surface area contributed by atoms with Crippen molar-refractivity contribution in [3.05, 3.63) is 59.7 Å². The van der Waals surface area contributed by atoms with Gasteiger partial charge in [-0.05, 0) is 42.0 Å². The fourth-order valence-electron chi connectivity index (χ4n) is 2.20. The number of ketones is 1. The summed E-state index contributed by atoms with van der Waals surface area (Å²) in [5.41, 5.74) is 2.13. The predicted octanol–water partition coefficient (Wildman–Crippen LogP) is 3.27. The minimum Gasteiger partial charge on any atom is -0.454 e. The Labute approximate surface area is 133 Å². The number of anilines is 1. The van der Waals surface area contributed by atoms with Crippen molar-refractivity contribution >= 4 is 23.5 Å². The molecule has 0 aromatic heterocycles. The number of fused-ring (bicyclic) bond motifs is 1. The van der Waals surface area contributed by atoms with Gasteiger partial charge in [-0.2, -0.15) is 0 Å². The van der Waals surface area contributed by atoms with E-state index in [1.165, 1.54) is 13.0 Å². The minimum atomic E-state index is -0.119. The normalized spacial score (nSPS) is 12.4. The molecule has 1 N–H and O–H groups in total. The quantitative estimate of drug-likeness (QED) is 0.695. The number of carbonyl (C=O) groups is 2. The Balaban J connectivity index is 1.69. The first-order valence-corrected chi connectivity index (χ1v) is 7.11. The molecule has 5 nitrogen and oxygen atoms in total. The molecule has 1 aliphatic heterocycles. The number of hydrogen-bond donors (Lipinski definition) is 1. The van der Waals surface area contributed by atoms with Crippen LogP contribution in [0.25, 0.3) is 6.08 Å². The van der Waals surface area contributed by atoms with E-state index in [1.54, 1.807) is 36.4 Å². The first-order valence-electron chi connectivity index (χ1n) is 7.11. The summed E-state index contributed by atoms with van der Waals surface area (Å²) >= 11 is 0. The highest BCUT2D eigenvalue weighted by molar-refractivity contribution is 6.07. The zero-order valence-electron chi connectivity index (χ0n) is 12.5. The van der Waals surface area contributed by atoms with Crippen LogP contribution < -0.4 is 14.8 Å². The molecule has 0 bridgehead atoms. The van der Waals surface area contributed by atoms with Gasteiger partial charge in [0.25, 0.3) is 0 Å². The molecule has 116 valence electrons. The minimum absolute atomic E-state index is 0.116. The number of benzene rings is 2. The molecule has 0 radical (unpaired) electrons. The summed E-state index contributed by atoms with van der Waals surface area (Å²) in [4.78, 5) is 23.2. The molecular formula is C18H15NO4. The van der Waals surface area contributed by atoms with Crippen molar-refractivity contribution in [2.45, 2.75) is 6.92 Å². The smallest absolute Gasteiger partial charge is 0.231 e. The van der Waals surface area contributed by atoms with Crippen molar-refractivity contribution in [1.82, 2.24) is 0 Å². The van der Waals surface area contributed by atoms with Crippen molar-refractivity contribution in [3.8, 4) is 11.5 Å². The third-order valence-electron chi connectivity index (χ3n) is 3.32. The molecule has 0 aliphatic carbocycles. The second-order valence-corrected chi connectivity index (χ2v) is 5.07. The van der Waals surface area contributed by atoms with Crippen LogP contribution in [0.2, 0.25) is 0 Å². The van der Waals surface area contributed by atoms with Crippen molar-refractivity contribution in [1.29, 1.82) is 0 Å². The second-order valence-electron chi connectivity index (χ2n) is 5.07. The van der Waals surface area contributed by atoms with Crippen molar-refractivity contribution < 1.29 is 19.1 Å². The molecule has 3 rings (SSSR count). The number of hydrogen-bond acceptors (Lipinski definition) is 4. The van der Waals surface area contributed by atoms with Crippen LogP contribution in [0.4, 0.5) is 5.69 Å². The summed E-state index contributed by atoms with van der Waals surface area (Å²) < 4.78 is 10.5. The molecule has 1 amide bonds. The number of ether oxygens (including phenoxy) is 2. The highest BCUT2D eigenvalue weighted by atomic mass is 16.7. The van der Waals surface area contributed by atoms with Crippen LogP contribution in [0, 0.1) is 0 Å². The maximum atomic E-state index is 12.2. The van der Waals surface area contributed by atoms with E-state index >= 15 is 0 Å². The second kappa shape index (κ2) is 6.36. The Bertz CT molecular complexity index is 778. The lowest BCUT2D eigenvalue weighted by molar-refractivity contribution is -0.114. The highest BCUT2D eigenvalue weighted by Gasteiger charge is 2.14. The summed E-state index contributed by atoms with van der Waals surface area (Å²) in [6.07, 6.45) is 3.23. The number of rotatable bonds is 4. The average Bonchev–Trinajstić information content (AvgIpc) is 3.01. The number of carbonyl (C=O) groups excluding carboxylic acids is 2. The van der Waals surface area contributed by atoms with Crippen molar-refractivity contribution in [2.24, 2.45) is 0 Å². The number of nitrogens with one attached hydrogen (secondary N) is 1. The molecular weight excluding hydrogens is 294 g/mol. The maximum absolute atomic E-state index is 12.2. The Morgan fingerprint density at radius 3 is 2.52 bits per heavy atom. The van der Waals surface area contributed by atoms with Crippen LogP contribution >= 0.6 is 0 Å². The van der Waals surface area contributed by atoms with Gasteiger partial charge in [-0.3, -0.25) is 9.59 Å². The molecule has 5 heteroatoms. The molecule has 23 heavy (non-hydrogen) atoms. The van der Waals surface area contributed by atoms with Crippen molar-refractivity contribution in [2.75, 3.05) is 12.1 Å². The van der Waals surface area contributed by atoms with E-state index in [4.69, 9.17) is 9.47 Å². The molecule has 0 saturated heterocycles. The first-order chi connectivity index (χ1) is 11.1. The lowest BCUT2D eigenvalue weighted by Gasteiger charge is -2.02. The van der Waals surface area contributed by atoms with Gasteiger partial charge in [-0.1, -0.05) is 18.2 Å². The van der Waals surface area contributed by atoms with Crippen LogP contribution in [-0.4, -0.2) is 18.5 Å². The SMILES string of the molecule is CC(=O)Nc1ccc(/C=C/C(=O)c2ccc3c(c2)OCO3)cc1. The van der Waals surface area contributed by atoms with Gasteiger partial charge in [0.1, 0.15) is 0 Å². The van der Waals surface area contributed by atoms with Gasteiger partial charge in [-0.25, -0.2) is 0 Å². The Morgan fingerprint density at radius 2 is 1.78 bits per heavy atom. The van der Waals surface area contributed by atoms with Crippen LogP contribution in [-0.2, 0) is 4.79 Å². The fraction of sp³-hybridized carbons (Fsp3) is 0.111. The van der Waals surface area contributed by atoms with E-state index in [0.29, 0.717) is 17.1 Å². The van der Waals surface area contributed by atoms with E-state index in [1.807, 2.05) is 12.1 Å². The molecule has 1 heterocycles. The zero-order valence-corrected chi connectivity index (χ0v) is 12.5. The fourth-order valence-corrected chi connectivity index (χ4v) is 2.20.